The number of rotatable bonds is 3. The van der Waals surface area contributed by atoms with E-state index in [9.17, 15) is 9.59 Å². The molecule has 0 saturated heterocycles. The molecule has 0 aliphatic rings. The molecule has 3 aromatic heterocycles. The van der Waals surface area contributed by atoms with E-state index in [1.54, 1.807) is 18.2 Å². The van der Waals surface area contributed by atoms with Gasteiger partial charge in [-0.2, -0.15) is 0 Å². The van der Waals surface area contributed by atoms with Crippen molar-refractivity contribution in [1.29, 1.82) is 0 Å². The summed E-state index contributed by atoms with van der Waals surface area (Å²) in [7, 11) is 1.49. The number of benzene rings is 1. The van der Waals surface area contributed by atoms with Crippen LogP contribution in [-0.2, 0) is 0 Å². The normalized spacial score (nSPS) is 11.0. The Morgan fingerprint density at radius 2 is 2.00 bits per heavy atom. The van der Waals surface area contributed by atoms with Gasteiger partial charge < -0.3 is 9.72 Å². The molecule has 0 spiro atoms. The second-order valence-corrected chi connectivity index (χ2v) is 6.95. The van der Waals surface area contributed by atoms with Gasteiger partial charge in [-0.1, -0.05) is 29.8 Å². The number of H-pyrrole nitrogens is 1. The monoisotopic (exact) mass is 385 g/mol. The molecule has 26 heavy (non-hydrogen) atoms. The Labute approximate surface area is 156 Å². The van der Waals surface area contributed by atoms with E-state index < -0.39 is 11.2 Å². The third kappa shape index (κ3) is 2.71. The molecule has 0 atom stereocenters. The van der Waals surface area contributed by atoms with Gasteiger partial charge in [-0.25, -0.2) is 9.36 Å². The molecule has 0 radical (unpaired) electrons. The Bertz CT molecular complexity index is 1240. The summed E-state index contributed by atoms with van der Waals surface area (Å²) in [5.41, 5.74) is 0.672. The lowest BCUT2D eigenvalue weighted by Gasteiger charge is -2.05. The van der Waals surface area contributed by atoms with Crippen LogP contribution in [0.1, 0.15) is 0 Å². The minimum Gasteiger partial charge on any atom is -0.495 e. The number of pyridine rings is 1. The van der Waals surface area contributed by atoms with Crippen molar-refractivity contribution in [3.8, 4) is 21.9 Å². The third-order valence-electron chi connectivity index (χ3n) is 3.91. The van der Waals surface area contributed by atoms with Gasteiger partial charge >= 0.3 is 5.69 Å². The number of aromatic nitrogens is 3. The average molecular weight is 386 g/mol. The van der Waals surface area contributed by atoms with E-state index in [2.05, 4.69) is 9.97 Å². The first kappa shape index (κ1) is 16.6. The number of hydrogen-bond acceptors (Lipinski definition) is 5. The number of thiophene rings is 1. The number of halogens is 1. The highest BCUT2D eigenvalue weighted by molar-refractivity contribution is 7.22. The smallest absolute Gasteiger partial charge is 0.333 e. The standard InChI is InChI=1S/C18H12ClN3O3S/c1-25-11-6-10(8-20-9-11)22-17(23)16-14(21-18(22)24)7-15(26-16)12-4-2-3-5-13(12)19/h2-9H,1H3,(H,21,24). The van der Waals surface area contributed by atoms with Crippen LogP contribution in [0.4, 0.5) is 0 Å². The van der Waals surface area contributed by atoms with Crippen LogP contribution in [0.3, 0.4) is 0 Å². The Morgan fingerprint density at radius 3 is 2.77 bits per heavy atom. The topological polar surface area (TPSA) is 77.0 Å². The molecule has 4 aromatic rings. The van der Waals surface area contributed by atoms with Gasteiger partial charge in [-0.15, -0.1) is 11.3 Å². The second kappa shape index (κ2) is 6.44. The van der Waals surface area contributed by atoms with E-state index in [0.717, 1.165) is 15.0 Å². The molecule has 3 heterocycles. The van der Waals surface area contributed by atoms with Crippen LogP contribution in [0.15, 0.2) is 58.4 Å². The first-order valence-electron chi connectivity index (χ1n) is 7.61. The van der Waals surface area contributed by atoms with E-state index in [1.807, 2.05) is 18.2 Å². The maximum Gasteiger partial charge on any atom is 0.333 e. The highest BCUT2D eigenvalue weighted by Crippen LogP contribution is 2.34. The zero-order valence-electron chi connectivity index (χ0n) is 13.5. The third-order valence-corrected chi connectivity index (χ3v) is 5.39. The second-order valence-electron chi connectivity index (χ2n) is 5.49. The predicted molar refractivity (Wildman–Crippen MR) is 103 cm³/mol. The number of methoxy groups -OCH3 is 1. The van der Waals surface area contributed by atoms with Crippen molar-refractivity contribution in [3.05, 3.63) is 74.7 Å². The van der Waals surface area contributed by atoms with E-state index in [1.165, 1.54) is 30.8 Å². The largest absolute Gasteiger partial charge is 0.495 e. The number of nitrogens with one attached hydrogen (secondary N) is 1. The summed E-state index contributed by atoms with van der Waals surface area (Å²) < 4.78 is 6.60. The molecular weight excluding hydrogens is 374 g/mol. The maximum absolute atomic E-state index is 12.9. The highest BCUT2D eigenvalue weighted by atomic mass is 35.5. The quantitative estimate of drug-likeness (QED) is 0.585. The van der Waals surface area contributed by atoms with Crippen molar-refractivity contribution in [2.75, 3.05) is 7.11 Å². The van der Waals surface area contributed by atoms with E-state index in [0.29, 0.717) is 26.7 Å². The molecule has 6 nitrogen and oxygen atoms in total. The molecule has 130 valence electrons. The summed E-state index contributed by atoms with van der Waals surface area (Å²) in [6.07, 6.45) is 2.94. The van der Waals surface area contributed by atoms with Crippen LogP contribution in [-0.4, -0.2) is 21.6 Å². The van der Waals surface area contributed by atoms with Crippen molar-refractivity contribution in [1.82, 2.24) is 14.5 Å². The molecule has 0 amide bonds. The lowest BCUT2D eigenvalue weighted by Crippen LogP contribution is -2.33. The Hall–Kier alpha value is -2.90. The molecule has 4 rings (SSSR count). The first-order chi connectivity index (χ1) is 12.6. The summed E-state index contributed by atoms with van der Waals surface area (Å²) in [5, 5.41) is 0.582. The fourth-order valence-electron chi connectivity index (χ4n) is 2.68. The summed E-state index contributed by atoms with van der Waals surface area (Å²) in [4.78, 5) is 33.0. The number of ether oxygens (including phenoxy) is 1. The van der Waals surface area contributed by atoms with E-state index in [4.69, 9.17) is 16.3 Å². The highest BCUT2D eigenvalue weighted by Gasteiger charge is 2.15. The zero-order chi connectivity index (χ0) is 18.3. The summed E-state index contributed by atoms with van der Waals surface area (Å²) in [6, 6.07) is 10.7. The van der Waals surface area contributed by atoms with Crippen molar-refractivity contribution in [3.63, 3.8) is 0 Å². The van der Waals surface area contributed by atoms with Crippen LogP contribution in [0.2, 0.25) is 5.02 Å². The molecule has 0 fully saturated rings. The summed E-state index contributed by atoms with van der Waals surface area (Å²) in [5.74, 6) is 0.455. The van der Waals surface area contributed by atoms with Gasteiger partial charge in [-0.05, 0) is 12.1 Å². The zero-order valence-corrected chi connectivity index (χ0v) is 15.1. The van der Waals surface area contributed by atoms with Crippen LogP contribution >= 0.6 is 22.9 Å². The molecular formula is C18H12ClN3O3S. The summed E-state index contributed by atoms with van der Waals surface area (Å²) >= 11 is 7.53. The number of aromatic amines is 1. The summed E-state index contributed by atoms with van der Waals surface area (Å²) in [6.45, 7) is 0. The van der Waals surface area contributed by atoms with Gasteiger partial charge in [0.1, 0.15) is 10.4 Å². The first-order valence-corrected chi connectivity index (χ1v) is 8.81. The van der Waals surface area contributed by atoms with Crippen LogP contribution < -0.4 is 16.0 Å². The maximum atomic E-state index is 12.9. The van der Waals surface area contributed by atoms with E-state index in [-0.39, 0.29) is 0 Å². The molecule has 0 unspecified atom stereocenters. The van der Waals surface area contributed by atoms with Crippen molar-refractivity contribution in [2.45, 2.75) is 0 Å². The molecule has 0 saturated carbocycles. The van der Waals surface area contributed by atoms with Crippen molar-refractivity contribution < 1.29 is 4.74 Å². The molecule has 0 bridgehead atoms. The SMILES string of the molecule is COc1cncc(-n2c(=O)[nH]c3cc(-c4ccccc4Cl)sc3c2=O)c1. The van der Waals surface area contributed by atoms with Gasteiger partial charge in [-0.3, -0.25) is 9.78 Å². The van der Waals surface area contributed by atoms with Crippen LogP contribution in [0, 0.1) is 0 Å². The Morgan fingerprint density at radius 1 is 1.19 bits per heavy atom. The lowest BCUT2D eigenvalue weighted by atomic mass is 10.2. The Balaban J connectivity index is 1.96. The van der Waals surface area contributed by atoms with Crippen molar-refractivity contribution in [2.24, 2.45) is 0 Å². The average Bonchev–Trinajstić information content (AvgIpc) is 3.06. The van der Waals surface area contributed by atoms with Crippen LogP contribution in [0.25, 0.3) is 26.3 Å². The minimum atomic E-state index is -0.541. The fourth-order valence-corrected chi connectivity index (χ4v) is 4.05. The van der Waals surface area contributed by atoms with Gasteiger partial charge in [0.15, 0.2) is 0 Å². The number of fused-ring (bicyclic) bond motifs is 1. The molecule has 1 N–H and O–H groups in total. The molecule has 0 aliphatic heterocycles. The Kier molecular flexibility index (Phi) is 4.10. The number of nitrogens with zero attached hydrogens (tertiary/aromatic N) is 2. The van der Waals surface area contributed by atoms with Crippen LogP contribution in [0.5, 0.6) is 5.75 Å². The van der Waals surface area contributed by atoms with Gasteiger partial charge in [0.25, 0.3) is 5.56 Å². The fraction of sp³-hybridized carbons (Fsp3) is 0.0556. The molecule has 1 aromatic carbocycles. The lowest BCUT2D eigenvalue weighted by molar-refractivity contribution is 0.412. The predicted octanol–water partition coefficient (Wildman–Crippen LogP) is 3.46. The van der Waals surface area contributed by atoms with E-state index >= 15 is 0 Å². The van der Waals surface area contributed by atoms with Gasteiger partial charge in [0, 0.05) is 21.5 Å². The molecule has 0 aliphatic carbocycles. The minimum absolute atomic E-state index is 0.338. The number of hydrogen-bond donors (Lipinski definition) is 1. The van der Waals surface area contributed by atoms with Gasteiger partial charge in [0.2, 0.25) is 0 Å². The van der Waals surface area contributed by atoms with Gasteiger partial charge in [0.05, 0.1) is 30.7 Å². The molecule has 8 heteroatoms. The van der Waals surface area contributed by atoms with Crippen molar-refractivity contribution >= 4 is 33.2 Å².